The second-order valence-corrected chi connectivity index (χ2v) is 9.45. The minimum Gasteiger partial charge on any atom is -0.444 e. The molecule has 1 unspecified atom stereocenters. The summed E-state index contributed by atoms with van der Waals surface area (Å²) >= 11 is 0. The van der Waals surface area contributed by atoms with Crippen molar-refractivity contribution in [3.8, 4) is 0 Å². The number of alkyl carbamates (subject to hydrolysis) is 1. The quantitative estimate of drug-likeness (QED) is 0.309. The van der Waals surface area contributed by atoms with Crippen molar-refractivity contribution < 1.29 is 14.3 Å². The van der Waals surface area contributed by atoms with Gasteiger partial charge in [-0.1, -0.05) is 24.3 Å². The normalized spacial score (nSPS) is 19.7. The number of guanidine groups is 1. The Hall–Kier alpha value is -1.59. The smallest absolute Gasteiger partial charge is 0.407 e. The van der Waals surface area contributed by atoms with Crippen LogP contribution in [-0.4, -0.2) is 79.4 Å². The average Bonchev–Trinajstić information content (AvgIpc) is 3.19. The zero-order valence-corrected chi connectivity index (χ0v) is 22.8. The molecule has 33 heavy (non-hydrogen) atoms. The van der Waals surface area contributed by atoms with Crippen LogP contribution in [0.2, 0.25) is 0 Å². The van der Waals surface area contributed by atoms with Crippen LogP contribution in [0.4, 0.5) is 4.79 Å². The van der Waals surface area contributed by atoms with E-state index >= 15 is 0 Å². The second-order valence-electron chi connectivity index (χ2n) is 9.45. The third-order valence-corrected chi connectivity index (χ3v) is 5.49. The number of benzene rings is 1. The first-order valence-corrected chi connectivity index (χ1v) is 11.7. The van der Waals surface area contributed by atoms with Crippen LogP contribution in [-0.2, 0) is 22.6 Å². The van der Waals surface area contributed by atoms with Crippen molar-refractivity contribution in [2.45, 2.75) is 58.8 Å². The molecule has 1 aromatic rings. The van der Waals surface area contributed by atoms with Crippen LogP contribution in [0, 0.1) is 0 Å². The van der Waals surface area contributed by atoms with Gasteiger partial charge in [0, 0.05) is 39.3 Å². The molecule has 2 N–H and O–H groups in total. The zero-order valence-electron chi connectivity index (χ0n) is 20.4. The van der Waals surface area contributed by atoms with Crippen molar-refractivity contribution in [2.24, 2.45) is 4.99 Å². The summed E-state index contributed by atoms with van der Waals surface area (Å²) in [5, 5.41) is 6.36. The fourth-order valence-electron chi connectivity index (χ4n) is 3.90. The van der Waals surface area contributed by atoms with Gasteiger partial charge in [-0.15, -0.1) is 24.0 Å². The zero-order chi connectivity index (χ0) is 23.0. The largest absolute Gasteiger partial charge is 0.444 e. The first kappa shape index (κ1) is 27.7. The minimum absolute atomic E-state index is 0. The molecule has 0 bridgehead atoms. The monoisotopic (exact) mass is 573 g/mol. The lowest BCUT2D eigenvalue weighted by atomic mass is 10.1. The summed E-state index contributed by atoms with van der Waals surface area (Å²) < 4.78 is 10.8. The Kier molecular flexibility index (Phi) is 11.2. The Morgan fingerprint density at radius 1 is 1.15 bits per heavy atom. The maximum absolute atomic E-state index is 12.1. The number of morpholine rings is 1. The van der Waals surface area contributed by atoms with Gasteiger partial charge in [0.05, 0.1) is 25.8 Å². The summed E-state index contributed by atoms with van der Waals surface area (Å²) in [6, 6.07) is 8.79. The molecule has 1 atom stereocenters. The number of aliphatic imine (C=N–C) groups is 1. The molecule has 0 radical (unpaired) electrons. The lowest BCUT2D eigenvalue weighted by molar-refractivity contribution is 0.0342. The van der Waals surface area contributed by atoms with Crippen molar-refractivity contribution in [2.75, 3.05) is 45.9 Å². The number of likely N-dealkylation sites (tertiary alicyclic amines) is 1. The van der Waals surface area contributed by atoms with Crippen LogP contribution < -0.4 is 10.6 Å². The van der Waals surface area contributed by atoms with Gasteiger partial charge in [-0.05, 0) is 45.2 Å². The van der Waals surface area contributed by atoms with Crippen LogP contribution in [0.3, 0.4) is 0 Å². The van der Waals surface area contributed by atoms with E-state index in [1.54, 1.807) is 0 Å². The van der Waals surface area contributed by atoms with Crippen LogP contribution in [0.25, 0.3) is 0 Å². The molecule has 1 amide bonds. The van der Waals surface area contributed by atoms with Crippen LogP contribution in [0.15, 0.2) is 29.3 Å². The van der Waals surface area contributed by atoms with Gasteiger partial charge in [-0.3, -0.25) is 4.90 Å². The molecule has 2 heterocycles. The van der Waals surface area contributed by atoms with Crippen molar-refractivity contribution in [3.05, 3.63) is 35.4 Å². The number of hydrogen-bond donors (Lipinski definition) is 2. The summed E-state index contributed by atoms with van der Waals surface area (Å²) in [7, 11) is 0. The molecule has 0 aromatic heterocycles. The maximum Gasteiger partial charge on any atom is 0.407 e. The number of carbonyl (C=O) groups is 1. The number of rotatable bonds is 6. The highest BCUT2D eigenvalue weighted by Gasteiger charge is 2.27. The van der Waals surface area contributed by atoms with E-state index in [2.05, 4.69) is 51.6 Å². The van der Waals surface area contributed by atoms with Gasteiger partial charge in [0.2, 0.25) is 0 Å². The Bertz CT molecular complexity index is 760. The molecule has 0 aliphatic carbocycles. The lowest BCUT2D eigenvalue weighted by Crippen LogP contribution is -2.44. The van der Waals surface area contributed by atoms with Crippen LogP contribution in [0.5, 0.6) is 0 Å². The van der Waals surface area contributed by atoms with E-state index < -0.39 is 5.60 Å². The molecule has 0 saturated carbocycles. The summed E-state index contributed by atoms with van der Waals surface area (Å²) in [6.07, 6.45) is 0.517. The minimum atomic E-state index is -0.490. The van der Waals surface area contributed by atoms with E-state index in [0.29, 0.717) is 6.54 Å². The number of nitrogens with zero attached hydrogens (tertiary/aromatic N) is 3. The Balaban J connectivity index is 0.00000385. The molecule has 1 aromatic carbocycles. The number of carbonyl (C=O) groups excluding carboxylic acids is 1. The van der Waals surface area contributed by atoms with Gasteiger partial charge < -0.3 is 25.0 Å². The van der Waals surface area contributed by atoms with E-state index in [1.807, 2.05) is 20.8 Å². The van der Waals surface area contributed by atoms with Gasteiger partial charge in [0.25, 0.3) is 0 Å². The fourth-order valence-corrected chi connectivity index (χ4v) is 3.90. The van der Waals surface area contributed by atoms with E-state index in [1.165, 1.54) is 11.1 Å². The molecule has 8 nitrogen and oxygen atoms in total. The van der Waals surface area contributed by atoms with Crippen molar-refractivity contribution >= 4 is 36.0 Å². The molecular weight excluding hydrogens is 533 g/mol. The first-order valence-electron chi connectivity index (χ1n) is 11.7. The second kappa shape index (κ2) is 13.3. The SMILES string of the molecule is CCNC(=NCc1ccc(CN2CCOCC2)cc1)N1CCC(NC(=O)OC(C)(C)C)C1.I. The molecule has 2 aliphatic rings. The van der Waals surface area contributed by atoms with Crippen LogP contribution in [0.1, 0.15) is 45.2 Å². The number of ether oxygens (including phenoxy) is 2. The Morgan fingerprint density at radius 2 is 1.82 bits per heavy atom. The van der Waals surface area contributed by atoms with E-state index in [0.717, 1.165) is 64.9 Å². The molecule has 3 rings (SSSR count). The molecule has 0 spiro atoms. The number of amides is 1. The molecule has 186 valence electrons. The van der Waals surface area contributed by atoms with Gasteiger partial charge >= 0.3 is 6.09 Å². The van der Waals surface area contributed by atoms with Gasteiger partial charge in [-0.25, -0.2) is 9.79 Å². The van der Waals surface area contributed by atoms with Crippen molar-refractivity contribution in [1.29, 1.82) is 0 Å². The summed E-state index contributed by atoms with van der Waals surface area (Å²) in [5.74, 6) is 0.887. The van der Waals surface area contributed by atoms with E-state index in [9.17, 15) is 4.79 Å². The number of halogens is 1. The van der Waals surface area contributed by atoms with Crippen LogP contribution >= 0.6 is 24.0 Å². The third-order valence-electron chi connectivity index (χ3n) is 5.49. The summed E-state index contributed by atoms with van der Waals surface area (Å²) in [6.45, 7) is 15.3. The maximum atomic E-state index is 12.1. The topological polar surface area (TPSA) is 78.4 Å². The highest BCUT2D eigenvalue weighted by Crippen LogP contribution is 2.14. The summed E-state index contributed by atoms with van der Waals surface area (Å²) in [5.41, 5.74) is 2.02. The predicted molar refractivity (Wildman–Crippen MR) is 142 cm³/mol. The fraction of sp³-hybridized carbons (Fsp3) is 0.667. The van der Waals surface area contributed by atoms with Gasteiger partial charge in [-0.2, -0.15) is 0 Å². The van der Waals surface area contributed by atoms with Crippen molar-refractivity contribution in [1.82, 2.24) is 20.4 Å². The highest BCUT2D eigenvalue weighted by atomic mass is 127. The van der Waals surface area contributed by atoms with Gasteiger partial charge in [0.1, 0.15) is 5.60 Å². The molecule has 9 heteroatoms. The van der Waals surface area contributed by atoms with Crippen molar-refractivity contribution in [3.63, 3.8) is 0 Å². The Labute approximate surface area is 215 Å². The standard InChI is InChI=1S/C24H39N5O3.HI/c1-5-25-22(29-11-10-21(18-29)27-23(30)32-24(2,3)4)26-16-19-6-8-20(9-7-19)17-28-12-14-31-15-13-28;/h6-9,21H,5,10-18H2,1-4H3,(H,25,26)(H,27,30);1H. The Morgan fingerprint density at radius 3 is 2.45 bits per heavy atom. The molecule has 2 aliphatic heterocycles. The third kappa shape index (κ3) is 9.66. The average molecular weight is 574 g/mol. The lowest BCUT2D eigenvalue weighted by Gasteiger charge is -2.26. The molecule has 2 fully saturated rings. The molecular formula is C24H40IN5O3. The summed E-state index contributed by atoms with van der Waals surface area (Å²) in [4.78, 5) is 21.6. The van der Waals surface area contributed by atoms with E-state index in [-0.39, 0.29) is 36.1 Å². The molecule has 2 saturated heterocycles. The number of hydrogen-bond acceptors (Lipinski definition) is 5. The van der Waals surface area contributed by atoms with Gasteiger partial charge in [0.15, 0.2) is 5.96 Å². The predicted octanol–water partition coefficient (Wildman–Crippen LogP) is 3.20. The first-order chi connectivity index (χ1) is 15.3. The number of nitrogens with one attached hydrogen (secondary N) is 2. The van der Waals surface area contributed by atoms with E-state index in [4.69, 9.17) is 14.5 Å². The highest BCUT2D eigenvalue weighted by molar-refractivity contribution is 14.0.